The van der Waals surface area contributed by atoms with Crippen molar-refractivity contribution in [3.05, 3.63) is 71.3 Å². The van der Waals surface area contributed by atoms with Crippen molar-refractivity contribution in [3.8, 4) is 0 Å². The Hall–Kier alpha value is -5.31. The number of nitrogens with one attached hydrogen (secondary N) is 2. The van der Waals surface area contributed by atoms with Crippen molar-refractivity contribution >= 4 is 46.9 Å². The van der Waals surface area contributed by atoms with Crippen LogP contribution in [0.3, 0.4) is 0 Å². The number of likely N-dealkylation sites (N-methyl/N-ethyl adjacent to an activating group) is 1. The van der Waals surface area contributed by atoms with Crippen molar-refractivity contribution in [3.63, 3.8) is 0 Å². The molecule has 0 saturated carbocycles. The van der Waals surface area contributed by atoms with Crippen LogP contribution in [0.25, 0.3) is 0 Å². The van der Waals surface area contributed by atoms with Crippen molar-refractivity contribution in [2.24, 2.45) is 5.73 Å². The summed E-state index contributed by atoms with van der Waals surface area (Å²) in [6, 6.07) is 12.6. The van der Waals surface area contributed by atoms with Crippen molar-refractivity contribution in [1.82, 2.24) is 30.0 Å². The number of amides is 6. The zero-order chi connectivity index (χ0) is 35.6. The lowest BCUT2D eigenvalue weighted by molar-refractivity contribution is -0.120. The molecular formula is C36H43FN10O4. The molecule has 4 aliphatic heterocycles. The number of urea groups is 2. The summed E-state index contributed by atoms with van der Waals surface area (Å²) in [6.45, 7) is 5.33. The topological polar surface area (TPSA) is 160 Å². The van der Waals surface area contributed by atoms with Crippen LogP contribution in [0, 0.1) is 5.82 Å². The number of rotatable bonds is 9. The summed E-state index contributed by atoms with van der Waals surface area (Å²) < 4.78 is 15.0. The highest BCUT2D eigenvalue weighted by Crippen LogP contribution is 2.32. The van der Waals surface area contributed by atoms with Crippen LogP contribution in [0.2, 0.25) is 0 Å². The molecule has 4 fully saturated rings. The molecule has 4 aliphatic rings. The first-order chi connectivity index (χ1) is 24.6. The number of carbonyl (C=O) groups is 4. The Balaban J connectivity index is 0.950. The predicted molar refractivity (Wildman–Crippen MR) is 189 cm³/mol. The van der Waals surface area contributed by atoms with Crippen LogP contribution >= 0.6 is 0 Å². The minimum Gasteiger partial charge on any atom is -0.364 e. The summed E-state index contributed by atoms with van der Waals surface area (Å²) >= 11 is 0. The van der Waals surface area contributed by atoms with Gasteiger partial charge >= 0.3 is 12.1 Å². The van der Waals surface area contributed by atoms with Crippen LogP contribution in [-0.4, -0.2) is 107 Å². The number of hydrogen-bond donors (Lipinski definition) is 3. The fraction of sp³-hybridized carbons (Fsp3) is 0.444. The van der Waals surface area contributed by atoms with E-state index < -0.39 is 17.8 Å². The number of nitrogens with zero attached hydrogens (tertiary/aromatic N) is 7. The Bertz CT molecular complexity index is 1820. The quantitative estimate of drug-likeness (QED) is 0.303. The molecule has 7 rings (SSSR count). The number of benzene rings is 2. The van der Waals surface area contributed by atoms with E-state index in [2.05, 4.69) is 37.6 Å². The maximum absolute atomic E-state index is 15.0. The van der Waals surface area contributed by atoms with Gasteiger partial charge in [0.15, 0.2) is 11.5 Å². The van der Waals surface area contributed by atoms with E-state index in [0.717, 1.165) is 63.1 Å². The van der Waals surface area contributed by atoms with Gasteiger partial charge in [0.2, 0.25) is 5.91 Å². The maximum atomic E-state index is 15.0. The molecule has 0 bridgehead atoms. The molecule has 15 heteroatoms. The third kappa shape index (κ3) is 7.43. The summed E-state index contributed by atoms with van der Waals surface area (Å²) in [5.74, 6) is -0.223. The van der Waals surface area contributed by atoms with Crippen LogP contribution in [0.15, 0.2) is 48.7 Å². The highest BCUT2D eigenvalue weighted by Gasteiger charge is 2.35. The number of aromatic nitrogens is 2. The van der Waals surface area contributed by atoms with Gasteiger partial charge in [0.25, 0.3) is 5.91 Å². The second kappa shape index (κ2) is 14.5. The van der Waals surface area contributed by atoms with E-state index in [1.807, 2.05) is 30.1 Å². The largest absolute Gasteiger partial charge is 0.364 e. The van der Waals surface area contributed by atoms with Gasteiger partial charge in [-0.1, -0.05) is 18.2 Å². The zero-order valence-electron chi connectivity index (χ0n) is 28.7. The molecule has 14 nitrogen and oxygen atoms in total. The van der Waals surface area contributed by atoms with Crippen LogP contribution in [-0.2, 0) is 11.3 Å². The first-order valence-corrected chi connectivity index (χ1v) is 17.6. The number of hydrogen-bond acceptors (Lipinski definition) is 9. The summed E-state index contributed by atoms with van der Waals surface area (Å²) in [7, 11) is 1.82. The summed E-state index contributed by atoms with van der Waals surface area (Å²) in [6.07, 6.45) is 5.46. The second-order valence-electron chi connectivity index (χ2n) is 13.8. The average Bonchev–Trinajstić information content (AvgIpc) is 3.46. The third-order valence-corrected chi connectivity index (χ3v) is 10.4. The van der Waals surface area contributed by atoms with E-state index in [-0.39, 0.29) is 42.3 Å². The van der Waals surface area contributed by atoms with E-state index in [1.54, 1.807) is 17.2 Å². The number of likely N-dealkylation sites (tertiary alicyclic amines) is 1. The van der Waals surface area contributed by atoms with Crippen LogP contribution in [0.5, 0.6) is 0 Å². The highest BCUT2D eigenvalue weighted by molar-refractivity contribution is 6.05. The van der Waals surface area contributed by atoms with E-state index in [0.29, 0.717) is 37.2 Å². The number of anilines is 4. The van der Waals surface area contributed by atoms with Crippen molar-refractivity contribution < 1.29 is 23.6 Å². The highest BCUT2D eigenvalue weighted by atomic mass is 19.1. The lowest BCUT2D eigenvalue weighted by Crippen LogP contribution is -2.49. The van der Waals surface area contributed by atoms with E-state index in [9.17, 15) is 23.6 Å². The minimum atomic E-state index is -0.673. The van der Waals surface area contributed by atoms with Gasteiger partial charge < -0.3 is 25.8 Å². The Morgan fingerprint density at radius 1 is 1.00 bits per heavy atom. The van der Waals surface area contributed by atoms with E-state index >= 15 is 0 Å². The fourth-order valence-corrected chi connectivity index (χ4v) is 7.54. The van der Waals surface area contributed by atoms with Crippen molar-refractivity contribution in [2.75, 3.05) is 68.0 Å². The zero-order valence-corrected chi connectivity index (χ0v) is 28.7. The molecule has 268 valence electrons. The first kappa shape index (κ1) is 34.2. The molecule has 0 radical (unpaired) electrons. The second-order valence-corrected chi connectivity index (χ2v) is 13.8. The molecule has 1 atom stereocenters. The number of halogens is 1. The molecule has 1 aromatic heterocycles. The molecular weight excluding hydrogens is 655 g/mol. The third-order valence-electron chi connectivity index (χ3n) is 10.4. The fourth-order valence-electron chi connectivity index (χ4n) is 7.54. The summed E-state index contributed by atoms with van der Waals surface area (Å²) in [5.41, 5.74) is 8.70. The lowest BCUT2D eigenvalue weighted by Gasteiger charge is -2.37. The predicted octanol–water partition coefficient (Wildman–Crippen LogP) is 3.62. The number of imide groups is 1. The Labute approximate surface area is 295 Å². The molecule has 2 aromatic carbocycles. The van der Waals surface area contributed by atoms with Gasteiger partial charge in [-0.25, -0.2) is 23.9 Å². The smallest absolute Gasteiger partial charge is 0.328 e. The van der Waals surface area contributed by atoms with Crippen molar-refractivity contribution in [1.29, 1.82) is 0 Å². The molecule has 0 aliphatic carbocycles. The van der Waals surface area contributed by atoms with Crippen LogP contribution < -0.4 is 26.2 Å². The molecule has 4 N–H and O–H groups in total. The van der Waals surface area contributed by atoms with Gasteiger partial charge in [-0.3, -0.25) is 24.7 Å². The van der Waals surface area contributed by atoms with Gasteiger partial charge in [0.05, 0.1) is 17.9 Å². The van der Waals surface area contributed by atoms with Gasteiger partial charge in [-0.05, 0) is 80.1 Å². The minimum absolute atomic E-state index is 0.0549. The molecule has 0 unspecified atom stereocenters. The monoisotopic (exact) mass is 698 g/mol. The van der Waals surface area contributed by atoms with Gasteiger partial charge in [-0.2, -0.15) is 0 Å². The van der Waals surface area contributed by atoms with E-state index in [4.69, 9.17) is 10.7 Å². The Morgan fingerprint density at radius 2 is 1.78 bits per heavy atom. The maximum Gasteiger partial charge on any atom is 0.328 e. The number of carbonyl (C=O) groups excluding carboxylic acids is 4. The molecule has 51 heavy (non-hydrogen) atoms. The number of piperidine rings is 2. The van der Waals surface area contributed by atoms with Gasteiger partial charge in [0.1, 0.15) is 11.6 Å². The van der Waals surface area contributed by atoms with E-state index in [1.165, 1.54) is 16.5 Å². The van der Waals surface area contributed by atoms with Gasteiger partial charge in [-0.15, -0.1) is 0 Å². The summed E-state index contributed by atoms with van der Waals surface area (Å²) in [4.78, 5) is 67.0. The summed E-state index contributed by atoms with van der Waals surface area (Å²) in [5, 5.41) is 5.49. The van der Waals surface area contributed by atoms with Crippen molar-refractivity contribution in [2.45, 2.75) is 50.6 Å². The average molecular weight is 699 g/mol. The van der Waals surface area contributed by atoms with Crippen LogP contribution in [0.4, 0.5) is 37.0 Å². The SMILES string of the molecule is CN1CCN([C@@H]2CCCN(c3cnc(C(N)=O)c(Nc4ccc(C5CCN(Cc6ccc(N7CCC(=O)NC7=O)c(F)c6)CC5)cc4)n3)C2)C1=O. The Morgan fingerprint density at radius 3 is 2.47 bits per heavy atom. The standard InChI is InChI=1S/C36H43FN10O4/c1-43-17-18-46(36(43)51)27-3-2-13-45(22-27)30-20-39-32(33(38)49)34(41-30)40-26-7-5-24(6-8-26)25-10-14-44(15-11-25)21-23-4-9-29(28(37)19-23)47-16-12-31(48)42-35(47)50/h4-9,19-20,25,27H,2-3,10-18,21-22H2,1H3,(H2,38,49)(H,40,41)(H,42,48,50)/t27-/m1/s1. The Kier molecular flexibility index (Phi) is 9.71. The first-order valence-electron chi connectivity index (χ1n) is 17.6. The normalized spacial score (nSPS) is 20.6. The molecule has 4 saturated heterocycles. The molecule has 3 aromatic rings. The molecule has 5 heterocycles. The van der Waals surface area contributed by atoms with Gasteiger partial charge in [0, 0.05) is 58.4 Å². The lowest BCUT2D eigenvalue weighted by atomic mass is 9.89. The van der Waals surface area contributed by atoms with Crippen LogP contribution in [0.1, 0.15) is 59.6 Å². The number of nitrogens with two attached hydrogens (primary N) is 1. The molecule has 0 spiro atoms. The number of primary amides is 1. The molecule has 6 amide bonds.